The van der Waals surface area contributed by atoms with Gasteiger partial charge < -0.3 is 50.3 Å². The fourth-order valence-electron chi connectivity index (χ4n) is 8.08. The topological polar surface area (TPSA) is 214 Å². The molecule has 0 heterocycles. The minimum absolute atomic E-state index is 0.100. The third-order valence-corrected chi connectivity index (χ3v) is 12.4. The van der Waals surface area contributed by atoms with E-state index in [9.17, 15) is 50.4 Å². The molecule has 0 unspecified atom stereocenters. The number of hydrogen-bond acceptors (Lipinski definition) is 12. The van der Waals surface area contributed by atoms with E-state index < -0.39 is 46.4 Å². The summed E-state index contributed by atoms with van der Waals surface area (Å²) in [5.41, 5.74) is 2.73. The highest BCUT2D eigenvalue weighted by Crippen LogP contribution is 2.39. The number of aromatic hydroxyl groups is 8. The lowest BCUT2D eigenvalue weighted by molar-refractivity contribution is 0.0722. The number of phenols is 8. The van der Waals surface area contributed by atoms with Gasteiger partial charge in [-0.25, -0.2) is 9.59 Å². The van der Waals surface area contributed by atoms with Crippen LogP contribution in [0.5, 0.6) is 57.5 Å². The first-order valence-corrected chi connectivity index (χ1v) is 24.9. The number of carbonyl (C=O) groups is 2. The second kappa shape index (κ2) is 28.5. The lowest BCUT2D eigenvalue weighted by Gasteiger charge is -2.17. The minimum Gasteiger partial charge on any atom is -0.508 e. The van der Waals surface area contributed by atoms with Gasteiger partial charge in [-0.15, -0.1) is 0 Å². The highest BCUT2D eigenvalue weighted by molar-refractivity contribution is 5.93. The average Bonchev–Trinajstić information content (AvgIpc) is 3.26. The average molecular weight is 945 g/mol. The van der Waals surface area contributed by atoms with Crippen LogP contribution < -0.4 is 9.47 Å². The van der Waals surface area contributed by atoms with Gasteiger partial charge in [-0.2, -0.15) is 0 Å². The number of esters is 2. The Hall–Kier alpha value is -5.78. The largest absolute Gasteiger partial charge is 0.508 e. The summed E-state index contributed by atoms with van der Waals surface area (Å²) in [5.74, 6) is -2.31. The van der Waals surface area contributed by atoms with Crippen molar-refractivity contribution in [3.05, 3.63) is 81.9 Å². The Balaban J connectivity index is 0.000000360. The zero-order chi connectivity index (χ0) is 50.5. The first-order valence-electron chi connectivity index (χ1n) is 24.9. The maximum atomic E-state index is 12.8. The van der Waals surface area contributed by atoms with Gasteiger partial charge in [-0.05, 0) is 135 Å². The molecule has 12 heteroatoms. The summed E-state index contributed by atoms with van der Waals surface area (Å²) in [7, 11) is 0. The number of carbonyl (C=O) groups excluding carboxylic acids is 2. The summed E-state index contributed by atoms with van der Waals surface area (Å²) in [4.78, 5) is 25.6. The first kappa shape index (κ1) is 56.5. The summed E-state index contributed by atoms with van der Waals surface area (Å²) in [5, 5.41) is 79.7. The van der Waals surface area contributed by atoms with Crippen LogP contribution in [0.15, 0.2) is 48.5 Å². The van der Waals surface area contributed by atoms with Crippen LogP contribution >= 0.6 is 0 Å². The lowest BCUT2D eigenvalue weighted by atomic mass is 9.93. The highest BCUT2D eigenvalue weighted by Gasteiger charge is 2.22. The molecule has 0 fully saturated rings. The molecular formula is C56H80O12. The zero-order valence-electron chi connectivity index (χ0n) is 41.9. The number of aryl methyl sites for hydroxylation is 2. The Bertz CT molecular complexity index is 2010. The SMILES string of the molecule is CCCCCc1cc(O)c(CC[C@@H](C)CCCC(C)C)c(OC(=O)c2cc(O)c(O)c(O)c2)c1.CCCCCc1cc(O)c(CC[C@H](C)CCCC(C)C)c(OC(=O)c2cc(O)c(O)c(O)c2)c1. The molecule has 0 radical (unpaired) electrons. The number of hydrogen-bond donors (Lipinski definition) is 8. The summed E-state index contributed by atoms with van der Waals surface area (Å²) in [6.45, 7) is 17.5. The summed E-state index contributed by atoms with van der Waals surface area (Å²) in [6, 6.07) is 11.3. The van der Waals surface area contributed by atoms with E-state index in [0.29, 0.717) is 47.6 Å². The van der Waals surface area contributed by atoms with Gasteiger partial charge in [0.25, 0.3) is 0 Å². The molecule has 4 aromatic rings. The van der Waals surface area contributed by atoms with Crippen LogP contribution in [0.25, 0.3) is 0 Å². The maximum absolute atomic E-state index is 12.8. The monoisotopic (exact) mass is 945 g/mol. The number of unbranched alkanes of at least 4 members (excludes halogenated alkanes) is 4. The predicted molar refractivity (Wildman–Crippen MR) is 268 cm³/mol. The molecule has 0 aliphatic carbocycles. The maximum Gasteiger partial charge on any atom is 0.343 e. The molecule has 0 bridgehead atoms. The van der Waals surface area contributed by atoms with Crippen LogP contribution in [0.2, 0.25) is 0 Å². The van der Waals surface area contributed by atoms with Gasteiger partial charge in [0.2, 0.25) is 0 Å². The highest BCUT2D eigenvalue weighted by atomic mass is 16.5. The van der Waals surface area contributed by atoms with E-state index in [0.717, 1.165) is 125 Å². The predicted octanol–water partition coefficient (Wildman–Crippen LogP) is 13.7. The molecule has 0 aromatic heterocycles. The Morgan fingerprint density at radius 2 is 0.750 bits per heavy atom. The van der Waals surface area contributed by atoms with Crippen LogP contribution in [0.1, 0.15) is 188 Å². The van der Waals surface area contributed by atoms with Crippen LogP contribution in [-0.4, -0.2) is 52.8 Å². The molecule has 0 amide bonds. The van der Waals surface area contributed by atoms with E-state index in [2.05, 4.69) is 55.4 Å². The van der Waals surface area contributed by atoms with Gasteiger partial charge in [-0.3, -0.25) is 0 Å². The van der Waals surface area contributed by atoms with Crippen LogP contribution in [0.4, 0.5) is 0 Å². The number of ether oxygens (including phenoxy) is 2. The zero-order valence-corrected chi connectivity index (χ0v) is 41.9. The van der Waals surface area contributed by atoms with E-state index in [-0.39, 0.29) is 34.1 Å². The van der Waals surface area contributed by atoms with E-state index >= 15 is 0 Å². The van der Waals surface area contributed by atoms with Crippen LogP contribution in [0, 0.1) is 23.7 Å². The van der Waals surface area contributed by atoms with Crippen molar-refractivity contribution in [1.29, 1.82) is 0 Å². The van der Waals surface area contributed by atoms with Crippen molar-refractivity contribution >= 4 is 11.9 Å². The van der Waals surface area contributed by atoms with Gasteiger partial charge >= 0.3 is 11.9 Å². The van der Waals surface area contributed by atoms with Crippen molar-refractivity contribution < 1.29 is 59.9 Å². The molecule has 12 nitrogen and oxygen atoms in total. The van der Waals surface area contributed by atoms with Gasteiger partial charge in [0.15, 0.2) is 34.5 Å². The quantitative estimate of drug-likeness (QED) is 0.0128. The minimum atomic E-state index is -0.790. The molecule has 376 valence electrons. The fraction of sp³-hybridized carbons (Fsp3) is 0.536. The molecule has 8 N–H and O–H groups in total. The van der Waals surface area contributed by atoms with Crippen molar-refractivity contribution in [2.75, 3.05) is 0 Å². The van der Waals surface area contributed by atoms with Gasteiger partial charge in [0, 0.05) is 11.1 Å². The molecule has 0 saturated heterocycles. The second-order valence-electron chi connectivity index (χ2n) is 19.5. The van der Waals surface area contributed by atoms with Gasteiger partial charge in [0.05, 0.1) is 11.1 Å². The third kappa shape index (κ3) is 18.7. The lowest BCUT2D eigenvalue weighted by Crippen LogP contribution is -2.11. The van der Waals surface area contributed by atoms with E-state index in [1.54, 1.807) is 24.3 Å². The van der Waals surface area contributed by atoms with Crippen LogP contribution in [-0.2, 0) is 25.7 Å². The number of rotatable bonds is 26. The molecule has 2 atom stereocenters. The molecule has 0 aliphatic heterocycles. The summed E-state index contributed by atoms with van der Waals surface area (Å²) >= 11 is 0. The fourth-order valence-corrected chi connectivity index (χ4v) is 8.08. The Kier molecular flexibility index (Phi) is 23.7. The number of benzene rings is 4. The van der Waals surface area contributed by atoms with E-state index in [1.165, 1.54) is 12.8 Å². The van der Waals surface area contributed by atoms with Crippen molar-refractivity contribution in [3.63, 3.8) is 0 Å². The van der Waals surface area contributed by atoms with Crippen molar-refractivity contribution in [1.82, 2.24) is 0 Å². The van der Waals surface area contributed by atoms with Crippen molar-refractivity contribution in [3.8, 4) is 57.5 Å². The molecule has 4 aromatic carbocycles. The third-order valence-electron chi connectivity index (χ3n) is 12.4. The number of phenolic OH excluding ortho intramolecular Hbond substituents is 8. The molecule has 4 rings (SSSR count). The Labute approximate surface area is 404 Å². The normalized spacial score (nSPS) is 12.1. The summed E-state index contributed by atoms with van der Waals surface area (Å²) in [6.07, 6.45) is 17.5. The van der Waals surface area contributed by atoms with Crippen LogP contribution in [0.3, 0.4) is 0 Å². The molecule has 68 heavy (non-hydrogen) atoms. The van der Waals surface area contributed by atoms with Gasteiger partial charge in [0.1, 0.15) is 23.0 Å². The Morgan fingerprint density at radius 1 is 0.412 bits per heavy atom. The second-order valence-corrected chi connectivity index (χ2v) is 19.5. The molecule has 0 spiro atoms. The van der Waals surface area contributed by atoms with E-state index in [4.69, 9.17) is 9.47 Å². The van der Waals surface area contributed by atoms with E-state index in [1.807, 2.05) is 0 Å². The van der Waals surface area contributed by atoms with Gasteiger partial charge in [-0.1, -0.05) is 120 Å². The Morgan fingerprint density at radius 3 is 1.06 bits per heavy atom. The van der Waals surface area contributed by atoms with Crippen molar-refractivity contribution in [2.45, 2.75) is 171 Å². The first-order chi connectivity index (χ1) is 32.2. The smallest absolute Gasteiger partial charge is 0.343 e. The van der Waals surface area contributed by atoms with Crippen molar-refractivity contribution in [2.24, 2.45) is 23.7 Å². The summed E-state index contributed by atoms with van der Waals surface area (Å²) < 4.78 is 11.3. The standard InChI is InChI=1S/2C28H40O6/c2*1-5-6-7-11-20-14-23(29)22(13-12-19(4)10-8-9-18(2)3)26(15-20)34-28(33)21-16-24(30)27(32)25(31)17-21/h2*14-19,29-32H,5-13H2,1-4H3/t2*19-/m10/s1. The molecule has 0 saturated carbocycles. The molecule has 0 aliphatic rings. The molecular weight excluding hydrogens is 865 g/mol.